The number of hydrogen-bond donors (Lipinski definition) is 0. The zero-order valence-electron chi connectivity index (χ0n) is 24.1. The summed E-state index contributed by atoms with van der Waals surface area (Å²) in [6, 6.07) is 7.95. The number of hydrogen-bond acceptors (Lipinski definition) is 9. The number of nitrogens with zero attached hydrogens (tertiary/aromatic N) is 4. The number of carbonyl (C=O) groups is 2. The average molecular weight is 577 g/mol. The van der Waals surface area contributed by atoms with E-state index >= 15 is 0 Å². The fourth-order valence-corrected chi connectivity index (χ4v) is 5.10. The number of esters is 1. The van der Waals surface area contributed by atoms with Crippen LogP contribution in [0.2, 0.25) is 0 Å². The van der Waals surface area contributed by atoms with Gasteiger partial charge in [-0.2, -0.15) is 4.99 Å². The summed E-state index contributed by atoms with van der Waals surface area (Å²) in [6.07, 6.45) is 3.00. The Kier molecular flexibility index (Phi) is 8.25. The zero-order valence-corrected chi connectivity index (χ0v) is 24.1. The molecule has 3 aromatic heterocycles. The van der Waals surface area contributed by atoms with Gasteiger partial charge in [0, 0.05) is 18.4 Å². The molecule has 1 atom stereocenters. The molecule has 1 aliphatic heterocycles. The highest BCUT2D eigenvalue weighted by Gasteiger charge is 2.25. The van der Waals surface area contributed by atoms with Gasteiger partial charge in [0.05, 0.1) is 46.0 Å². The molecular weight excluding hydrogens is 544 g/mol. The quantitative estimate of drug-likeness (QED) is 0.229. The molecule has 12 heteroatoms. The number of methoxy groups -OCH3 is 3. The van der Waals surface area contributed by atoms with Gasteiger partial charge in [-0.3, -0.25) is 14.0 Å². The van der Waals surface area contributed by atoms with Gasteiger partial charge in [-0.05, 0) is 56.5 Å². The second-order valence-electron chi connectivity index (χ2n) is 9.72. The summed E-state index contributed by atoms with van der Waals surface area (Å²) < 4.78 is 30.5. The van der Waals surface area contributed by atoms with Gasteiger partial charge >= 0.3 is 5.97 Å². The molecule has 0 bridgehead atoms. The standard InChI is InChI=1S/C30H32N4O8/c1-6-41-30(37)21-15-20-26(31-25-17(2)9-7-11-33(25)29(20)36)34(16-19-10-8-12-42-19)27(21)32-28(35)18-13-22(38-3)24(40-5)23(14-18)39-4/h7,9,11,13-15,19H,6,8,10,12,16H2,1-5H3/t19-/m0/s1. The minimum absolute atomic E-state index is 0.0000333. The Hall–Kier alpha value is -4.71. The van der Waals surface area contributed by atoms with Gasteiger partial charge in [0.25, 0.3) is 11.5 Å². The van der Waals surface area contributed by atoms with E-state index in [-0.39, 0.29) is 64.0 Å². The first kappa shape index (κ1) is 28.8. The average Bonchev–Trinajstić information content (AvgIpc) is 3.51. The zero-order chi connectivity index (χ0) is 30.0. The smallest absolute Gasteiger partial charge is 0.341 e. The molecule has 0 radical (unpaired) electrons. The van der Waals surface area contributed by atoms with Crippen molar-refractivity contribution in [3.8, 4) is 17.2 Å². The van der Waals surface area contributed by atoms with E-state index in [0.717, 1.165) is 18.4 Å². The van der Waals surface area contributed by atoms with Crippen LogP contribution in [0.5, 0.6) is 17.2 Å². The third-order valence-corrected chi connectivity index (χ3v) is 7.13. The van der Waals surface area contributed by atoms with E-state index in [4.69, 9.17) is 28.7 Å². The molecule has 1 amide bonds. The lowest BCUT2D eigenvalue weighted by Gasteiger charge is -2.18. The van der Waals surface area contributed by atoms with Crippen LogP contribution in [-0.2, 0) is 16.0 Å². The molecule has 4 heterocycles. The van der Waals surface area contributed by atoms with Crippen molar-refractivity contribution in [3.63, 3.8) is 0 Å². The van der Waals surface area contributed by atoms with Crippen molar-refractivity contribution < 1.29 is 33.3 Å². The summed E-state index contributed by atoms with van der Waals surface area (Å²) in [5.74, 6) is -0.568. The molecule has 0 unspecified atom stereocenters. The first-order valence-corrected chi connectivity index (χ1v) is 13.5. The Morgan fingerprint density at radius 2 is 1.83 bits per heavy atom. The van der Waals surface area contributed by atoms with Crippen molar-refractivity contribution in [3.05, 3.63) is 69.1 Å². The molecule has 1 fully saturated rings. The SMILES string of the molecule is CCOC(=O)c1cc2c(=O)n3cccc(C)c3nc2n(C[C@@H]2CCCO2)c1=NC(=O)c1cc(OC)c(OC)c(OC)c1. The van der Waals surface area contributed by atoms with Crippen LogP contribution in [0.15, 0.2) is 46.3 Å². The monoisotopic (exact) mass is 576 g/mol. The molecule has 12 nitrogen and oxygen atoms in total. The highest BCUT2D eigenvalue weighted by molar-refractivity contribution is 5.98. The number of carbonyl (C=O) groups excluding carboxylic acids is 2. The number of ether oxygens (including phenoxy) is 5. The van der Waals surface area contributed by atoms with Gasteiger partial charge in [0.1, 0.15) is 16.9 Å². The number of rotatable bonds is 8. The van der Waals surface area contributed by atoms with E-state index < -0.39 is 11.9 Å². The van der Waals surface area contributed by atoms with Gasteiger partial charge in [0.15, 0.2) is 17.0 Å². The van der Waals surface area contributed by atoms with E-state index in [2.05, 4.69) is 4.99 Å². The van der Waals surface area contributed by atoms with Crippen molar-refractivity contribution in [2.75, 3.05) is 34.5 Å². The molecule has 4 aromatic rings. The van der Waals surface area contributed by atoms with Crippen LogP contribution in [0.25, 0.3) is 16.7 Å². The van der Waals surface area contributed by atoms with Crippen molar-refractivity contribution >= 4 is 28.6 Å². The van der Waals surface area contributed by atoms with Gasteiger partial charge in [-0.15, -0.1) is 0 Å². The van der Waals surface area contributed by atoms with Crippen LogP contribution in [-0.4, -0.2) is 66.5 Å². The van der Waals surface area contributed by atoms with Crippen molar-refractivity contribution in [2.45, 2.75) is 39.3 Å². The summed E-state index contributed by atoms with van der Waals surface area (Å²) in [6.45, 7) is 4.39. The Bertz CT molecular complexity index is 1790. The number of amides is 1. The van der Waals surface area contributed by atoms with Crippen LogP contribution >= 0.6 is 0 Å². The van der Waals surface area contributed by atoms with E-state index in [0.29, 0.717) is 18.0 Å². The number of benzene rings is 1. The molecule has 1 aliphatic rings. The van der Waals surface area contributed by atoms with Gasteiger partial charge < -0.3 is 28.3 Å². The van der Waals surface area contributed by atoms with Crippen molar-refractivity contribution in [1.29, 1.82) is 0 Å². The normalized spacial score (nSPS) is 15.3. The minimum Gasteiger partial charge on any atom is -0.493 e. The van der Waals surface area contributed by atoms with Crippen LogP contribution in [0.3, 0.4) is 0 Å². The second kappa shape index (κ2) is 12.0. The maximum atomic E-state index is 13.7. The highest BCUT2D eigenvalue weighted by atomic mass is 16.5. The largest absolute Gasteiger partial charge is 0.493 e. The lowest BCUT2D eigenvalue weighted by atomic mass is 10.1. The lowest BCUT2D eigenvalue weighted by molar-refractivity contribution is 0.0521. The van der Waals surface area contributed by atoms with Crippen LogP contribution in [0, 0.1) is 6.92 Å². The van der Waals surface area contributed by atoms with Crippen molar-refractivity contribution in [2.24, 2.45) is 4.99 Å². The molecular formula is C30H32N4O8. The Labute approximate surface area is 241 Å². The maximum Gasteiger partial charge on any atom is 0.341 e. The number of pyridine rings is 2. The molecule has 1 saturated heterocycles. The summed E-state index contributed by atoms with van der Waals surface area (Å²) in [7, 11) is 4.34. The van der Waals surface area contributed by atoms with Crippen molar-refractivity contribution in [1.82, 2.24) is 14.0 Å². The Balaban J connectivity index is 1.85. The van der Waals surface area contributed by atoms with Crippen LogP contribution in [0.4, 0.5) is 0 Å². The van der Waals surface area contributed by atoms with Gasteiger partial charge in [-0.1, -0.05) is 6.07 Å². The van der Waals surface area contributed by atoms with E-state index in [9.17, 15) is 14.4 Å². The molecule has 0 aliphatic carbocycles. The Morgan fingerprint density at radius 1 is 1.10 bits per heavy atom. The lowest BCUT2D eigenvalue weighted by Crippen LogP contribution is -2.35. The first-order chi connectivity index (χ1) is 20.3. The predicted molar refractivity (Wildman–Crippen MR) is 153 cm³/mol. The van der Waals surface area contributed by atoms with E-state index in [1.807, 2.05) is 13.0 Å². The predicted octanol–water partition coefficient (Wildman–Crippen LogP) is 3.08. The Morgan fingerprint density at radius 3 is 2.45 bits per heavy atom. The highest BCUT2D eigenvalue weighted by Crippen LogP contribution is 2.38. The number of aromatic nitrogens is 3. The summed E-state index contributed by atoms with van der Waals surface area (Å²) >= 11 is 0. The number of fused-ring (bicyclic) bond motifs is 2. The third-order valence-electron chi connectivity index (χ3n) is 7.13. The number of aryl methyl sites for hydroxylation is 1. The minimum atomic E-state index is -0.731. The molecule has 5 rings (SSSR count). The van der Waals surface area contributed by atoms with Gasteiger partial charge in [0.2, 0.25) is 5.75 Å². The summed E-state index contributed by atoms with van der Waals surface area (Å²) in [5, 5.41) is 0.179. The molecule has 220 valence electrons. The second-order valence-corrected chi connectivity index (χ2v) is 9.72. The first-order valence-electron chi connectivity index (χ1n) is 13.5. The molecule has 0 N–H and O–H groups in total. The third kappa shape index (κ3) is 5.20. The summed E-state index contributed by atoms with van der Waals surface area (Å²) in [4.78, 5) is 50.0. The van der Waals surface area contributed by atoms with Crippen LogP contribution < -0.4 is 25.3 Å². The topological polar surface area (TPSA) is 132 Å². The fourth-order valence-electron chi connectivity index (χ4n) is 5.10. The van der Waals surface area contributed by atoms with E-state index in [1.54, 1.807) is 23.8 Å². The van der Waals surface area contributed by atoms with Crippen LogP contribution in [0.1, 0.15) is 46.0 Å². The summed E-state index contributed by atoms with van der Waals surface area (Å²) in [5.41, 5.74) is 1.21. The molecule has 42 heavy (non-hydrogen) atoms. The molecule has 0 saturated carbocycles. The fraction of sp³-hybridized carbons (Fsp3) is 0.367. The van der Waals surface area contributed by atoms with Gasteiger partial charge in [-0.25, -0.2) is 9.78 Å². The maximum absolute atomic E-state index is 13.7. The van der Waals surface area contributed by atoms with E-state index in [1.165, 1.54) is 43.9 Å². The molecule has 0 spiro atoms. The molecule has 1 aromatic carbocycles.